The second-order valence-corrected chi connectivity index (χ2v) is 9.81. The molecule has 0 radical (unpaired) electrons. The minimum Gasteiger partial charge on any atom is -0.507 e. The van der Waals surface area contributed by atoms with E-state index in [1.54, 1.807) is 11.8 Å². The van der Waals surface area contributed by atoms with Crippen LogP contribution in [0.4, 0.5) is 10.6 Å². The molecule has 0 spiro atoms. The Bertz CT molecular complexity index is 1090. The molecule has 1 aliphatic carbocycles. The summed E-state index contributed by atoms with van der Waals surface area (Å²) in [6.07, 6.45) is 2.32. The van der Waals surface area contributed by atoms with Crippen LogP contribution in [-0.4, -0.2) is 75.3 Å². The maximum Gasteiger partial charge on any atom is 0.410 e. The number of amides is 1. The molecule has 2 fully saturated rings. The Hall–Kier alpha value is -3.47. The molecule has 11 nitrogen and oxygen atoms in total. The van der Waals surface area contributed by atoms with E-state index in [0.29, 0.717) is 30.9 Å². The molecule has 196 valence electrons. The maximum atomic E-state index is 12.4. The van der Waals surface area contributed by atoms with Crippen molar-refractivity contribution >= 4 is 18.2 Å². The lowest BCUT2D eigenvalue weighted by atomic mass is 9.90. The first-order chi connectivity index (χ1) is 17.2. The van der Waals surface area contributed by atoms with E-state index >= 15 is 0 Å². The zero-order valence-corrected chi connectivity index (χ0v) is 20.8. The Kier molecular flexibility index (Phi) is 7.58. The zero-order chi connectivity index (χ0) is 25.9. The van der Waals surface area contributed by atoms with E-state index in [1.165, 1.54) is 12.1 Å². The highest BCUT2D eigenvalue weighted by Gasteiger charge is 2.42. The molecule has 1 saturated carbocycles. The van der Waals surface area contributed by atoms with Crippen LogP contribution in [0.3, 0.4) is 0 Å². The number of aromatic amines is 1. The van der Waals surface area contributed by atoms with Crippen LogP contribution in [0.25, 0.3) is 0 Å². The van der Waals surface area contributed by atoms with Crippen molar-refractivity contribution in [2.45, 2.75) is 70.2 Å². The van der Waals surface area contributed by atoms with Crippen molar-refractivity contribution in [1.82, 2.24) is 15.1 Å². The molecule has 3 atom stereocenters. The van der Waals surface area contributed by atoms with Gasteiger partial charge in [0.1, 0.15) is 35.8 Å². The minimum atomic E-state index is -1.13. The summed E-state index contributed by atoms with van der Waals surface area (Å²) in [5.74, 6) is 0.794. The van der Waals surface area contributed by atoms with Crippen molar-refractivity contribution in [3.8, 4) is 17.2 Å². The van der Waals surface area contributed by atoms with Gasteiger partial charge in [0.15, 0.2) is 12.5 Å². The highest BCUT2D eigenvalue weighted by Crippen LogP contribution is 2.38. The number of aliphatic hydroxyl groups is 1. The molecular weight excluding hydrogens is 468 g/mol. The van der Waals surface area contributed by atoms with Gasteiger partial charge < -0.3 is 34.6 Å². The fourth-order valence-electron chi connectivity index (χ4n) is 4.62. The molecular formula is C25H34N4O7. The van der Waals surface area contributed by atoms with Crippen LogP contribution in [0, 0.1) is 0 Å². The summed E-state index contributed by atoms with van der Waals surface area (Å²) < 4.78 is 16.6. The SMILES string of the molecule is CCOc1cc(O)c(C=O)c(OCC(O)Nc2cc([C@H]3CC[C@@H](OC(=O)N4CCC4(C)C)C3)[nH]n2)c1. The second kappa shape index (κ2) is 10.7. The fourth-order valence-corrected chi connectivity index (χ4v) is 4.62. The summed E-state index contributed by atoms with van der Waals surface area (Å²) in [6, 6.07) is 4.63. The Balaban J connectivity index is 1.28. The van der Waals surface area contributed by atoms with Crippen molar-refractivity contribution in [2.24, 2.45) is 0 Å². The number of nitrogens with zero attached hydrogens (tertiary/aromatic N) is 2. The van der Waals surface area contributed by atoms with Crippen LogP contribution in [0.2, 0.25) is 0 Å². The van der Waals surface area contributed by atoms with Gasteiger partial charge in [-0.15, -0.1) is 0 Å². The number of phenolic OH excluding ortho intramolecular Hbond substituents is 1. The first-order valence-corrected chi connectivity index (χ1v) is 12.3. The number of phenols is 1. The summed E-state index contributed by atoms with van der Waals surface area (Å²) >= 11 is 0. The van der Waals surface area contributed by atoms with Crippen molar-refractivity contribution in [1.29, 1.82) is 0 Å². The lowest BCUT2D eigenvalue weighted by molar-refractivity contribution is -0.0101. The molecule has 0 bridgehead atoms. The minimum absolute atomic E-state index is 0.0260. The van der Waals surface area contributed by atoms with Crippen LogP contribution < -0.4 is 14.8 Å². The number of ether oxygens (including phenoxy) is 3. The number of H-pyrrole nitrogens is 1. The molecule has 36 heavy (non-hydrogen) atoms. The van der Waals surface area contributed by atoms with Gasteiger partial charge in [-0.2, -0.15) is 5.10 Å². The van der Waals surface area contributed by atoms with Gasteiger partial charge in [0.25, 0.3) is 0 Å². The van der Waals surface area contributed by atoms with Crippen LogP contribution in [-0.2, 0) is 4.74 Å². The molecule has 4 N–H and O–H groups in total. The normalized spacial score (nSPS) is 21.4. The maximum absolute atomic E-state index is 12.4. The number of hydrogen-bond acceptors (Lipinski definition) is 9. The molecule has 2 heterocycles. The number of nitrogens with one attached hydrogen (secondary N) is 2. The quantitative estimate of drug-likeness (QED) is 0.284. The van der Waals surface area contributed by atoms with E-state index in [9.17, 15) is 19.8 Å². The zero-order valence-electron chi connectivity index (χ0n) is 20.8. The van der Waals surface area contributed by atoms with Crippen LogP contribution >= 0.6 is 0 Å². The van der Waals surface area contributed by atoms with E-state index in [-0.39, 0.29) is 47.3 Å². The van der Waals surface area contributed by atoms with Crippen molar-refractivity contribution < 1.29 is 34.0 Å². The summed E-state index contributed by atoms with van der Waals surface area (Å²) in [5.41, 5.74) is 0.734. The first kappa shape index (κ1) is 25.6. The van der Waals surface area contributed by atoms with E-state index in [2.05, 4.69) is 15.5 Å². The number of anilines is 1. The molecule has 1 aromatic heterocycles. The van der Waals surface area contributed by atoms with Gasteiger partial charge >= 0.3 is 6.09 Å². The highest BCUT2D eigenvalue weighted by atomic mass is 16.6. The third-order valence-electron chi connectivity index (χ3n) is 6.82. The van der Waals surface area contributed by atoms with E-state index in [4.69, 9.17) is 14.2 Å². The predicted molar refractivity (Wildman–Crippen MR) is 131 cm³/mol. The van der Waals surface area contributed by atoms with Crippen molar-refractivity contribution in [3.63, 3.8) is 0 Å². The van der Waals surface area contributed by atoms with Gasteiger partial charge in [0.05, 0.1) is 12.2 Å². The molecule has 11 heteroatoms. The van der Waals surface area contributed by atoms with E-state index in [0.717, 1.165) is 31.5 Å². The predicted octanol–water partition coefficient (Wildman–Crippen LogP) is 3.39. The van der Waals surface area contributed by atoms with E-state index in [1.807, 2.05) is 19.9 Å². The third kappa shape index (κ3) is 5.67. The molecule has 1 amide bonds. The van der Waals surface area contributed by atoms with Crippen LogP contribution in [0.5, 0.6) is 17.2 Å². The summed E-state index contributed by atoms with van der Waals surface area (Å²) in [5, 5.41) is 30.5. The van der Waals surface area contributed by atoms with Gasteiger partial charge in [0.2, 0.25) is 0 Å². The van der Waals surface area contributed by atoms with E-state index < -0.39 is 6.23 Å². The number of benzene rings is 1. The van der Waals surface area contributed by atoms with Gasteiger partial charge in [-0.25, -0.2) is 4.79 Å². The Morgan fingerprint density at radius 1 is 1.33 bits per heavy atom. The molecule has 1 unspecified atom stereocenters. The van der Waals surface area contributed by atoms with Crippen LogP contribution in [0.15, 0.2) is 18.2 Å². The highest BCUT2D eigenvalue weighted by molar-refractivity contribution is 5.84. The monoisotopic (exact) mass is 502 g/mol. The number of rotatable bonds is 10. The lowest BCUT2D eigenvalue weighted by Crippen LogP contribution is -2.58. The van der Waals surface area contributed by atoms with Gasteiger partial charge in [0, 0.05) is 41.9 Å². The number of likely N-dealkylation sites (tertiary alicyclic amines) is 1. The number of aromatic hydroxyl groups is 1. The topological polar surface area (TPSA) is 146 Å². The Morgan fingerprint density at radius 3 is 2.81 bits per heavy atom. The van der Waals surface area contributed by atoms with Crippen LogP contribution in [0.1, 0.15) is 68.4 Å². The third-order valence-corrected chi connectivity index (χ3v) is 6.82. The Labute approximate surface area is 209 Å². The number of aromatic nitrogens is 2. The lowest BCUT2D eigenvalue weighted by Gasteiger charge is -2.47. The molecule has 2 aromatic rings. The molecule has 4 rings (SSSR count). The molecule has 1 aromatic carbocycles. The fraction of sp³-hybridized carbons (Fsp3) is 0.560. The van der Waals surface area contributed by atoms with Gasteiger partial charge in [-0.3, -0.25) is 9.89 Å². The Morgan fingerprint density at radius 2 is 2.14 bits per heavy atom. The van der Waals surface area contributed by atoms with Gasteiger partial charge in [-0.05, 0) is 46.5 Å². The molecule has 2 aliphatic rings. The summed E-state index contributed by atoms with van der Waals surface area (Å²) in [7, 11) is 0. The standard InChI is InChI=1S/C25H34N4O7/c1-4-34-17-10-20(31)18(13-30)21(11-17)35-14-23(32)26-22-12-19(27-28-22)15-5-6-16(9-15)36-24(33)29-8-7-25(29,2)3/h10-13,15-16,23,31-32H,4-9,14H2,1-3H3,(H2,26,27,28)/t15-,16+,23?/m0/s1. The average molecular weight is 503 g/mol. The molecule has 1 aliphatic heterocycles. The number of aliphatic hydroxyl groups excluding tert-OH is 1. The second-order valence-electron chi connectivity index (χ2n) is 9.81. The smallest absolute Gasteiger partial charge is 0.410 e. The number of hydrogen-bond donors (Lipinski definition) is 4. The summed E-state index contributed by atoms with van der Waals surface area (Å²) in [4.78, 5) is 25.5. The molecule has 1 saturated heterocycles. The first-order valence-electron chi connectivity index (χ1n) is 12.3. The van der Waals surface area contributed by atoms with Crippen molar-refractivity contribution in [2.75, 3.05) is 25.1 Å². The number of carbonyl (C=O) groups is 2. The largest absolute Gasteiger partial charge is 0.507 e. The average Bonchev–Trinajstić information content (AvgIpc) is 3.46. The number of aldehydes is 1. The summed E-state index contributed by atoms with van der Waals surface area (Å²) in [6.45, 7) is 6.79. The van der Waals surface area contributed by atoms with Gasteiger partial charge in [-0.1, -0.05) is 0 Å². The number of carbonyl (C=O) groups excluding carboxylic acids is 2. The van der Waals surface area contributed by atoms with Crippen molar-refractivity contribution in [3.05, 3.63) is 29.5 Å².